The van der Waals surface area contributed by atoms with Crippen molar-refractivity contribution in [3.05, 3.63) is 95.5 Å². The molecular weight excluding hydrogens is 424 g/mol. The molecule has 33 heavy (non-hydrogen) atoms. The minimum atomic E-state index is -1.65. The van der Waals surface area contributed by atoms with Crippen molar-refractivity contribution in [2.45, 2.75) is 31.8 Å². The van der Waals surface area contributed by atoms with E-state index in [1.165, 1.54) is 7.11 Å². The summed E-state index contributed by atoms with van der Waals surface area (Å²) in [5, 5.41) is 0. The Morgan fingerprint density at radius 1 is 1.00 bits per heavy atom. The van der Waals surface area contributed by atoms with E-state index >= 15 is 0 Å². The van der Waals surface area contributed by atoms with Crippen LogP contribution in [-0.2, 0) is 46.2 Å². The van der Waals surface area contributed by atoms with Crippen LogP contribution in [0.1, 0.15) is 24.5 Å². The van der Waals surface area contributed by atoms with Gasteiger partial charge in [0.1, 0.15) is 0 Å². The van der Waals surface area contributed by atoms with E-state index in [2.05, 4.69) is 4.74 Å². The highest BCUT2D eigenvalue weighted by molar-refractivity contribution is 5.99. The third-order valence-corrected chi connectivity index (χ3v) is 5.24. The Morgan fingerprint density at radius 3 is 2.24 bits per heavy atom. The molecule has 0 aliphatic carbocycles. The van der Waals surface area contributed by atoms with Gasteiger partial charge in [-0.1, -0.05) is 60.7 Å². The fraction of sp³-hybridized carbons (Fsp3) is 0.269. The van der Waals surface area contributed by atoms with Gasteiger partial charge in [0.05, 0.1) is 26.1 Å². The second-order valence-corrected chi connectivity index (χ2v) is 7.34. The summed E-state index contributed by atoms with van der Waals surface area (Å²) in [6, 6.07) is 18.9. The summed E-state index contributed by atoms with van der Waals surface area (Å²) in [6.45, 7) is 1.82. The molecule has 2 aromatic rings. The average molecular weight is 450 g/mol. The SMILES string of the molecule is CCOC(=O)C1(CCc2ccccc2)OC(=O)C(O/C=C/C(=O)OC)=C1Cc1ccccc1. The minimum absolute atomic E-state index is 0.126. The summed E-state index contributed by atoms with van der Waals surface area (Å²) in [5.41, 5.74) is 0.545. The first-order valence-electron chi connectivity index (χ1n) is 10.6. The number of rotatable bonds is 10. The number of cyclic esters (lactones) is 1. The maximum Gasteiger partial charge on any atom is 0.375 e. The first-order valence-corrected chi connectivity index (χ1v) is 10.6. The van der Waals surface area contributed by atoms with Crippen molar-refractivity contribution in [2.24, 2.45) is 0 Å². The highest BCUT2D eigenvalue weighted by atomic mass is 16.6. The van der Waals surface area contributed by atoms with Gasteiger partial charge in [-0.25, -0.2) is 14.4 Å². The highest BCUT2D eigenvalue weighted by Crippen LogP contribution is 2.40. The molecule has 3 rings (SSSR count). The van der Waals surface area contributed by atoms with Crippen LogP contribution in [0.3, 0.4) is 0 Å². The van der Waals surface area contributed by atoms with Crippen LogP contribution in [0.15, 0.2) is 84.3 Å². The smallest absolute Gasteiger partial charge is 0.375 e. The average Bonchev–Trinajstić information content (AvgIpc) is 3.10. The number of carbonyl (C=O) groups is 3. The molecule has 0 amide bonds. The summed E-state index contributed by atoms with van der Waals surface area (Å²) < 4.78 is 21.1. The van der Waals surface area contributed by atoms with Crippen molar-refractivity contribution in [3.63, 3.8) is 0 Å². The molecule has 1 atom stereocenters. The zero-order valence-corrected chi connectivity index (χ0v) is 18.6. The van der Waals surface area contributed by atoms with Gasteiger partial charge in [0.15, 0.2) is 0 Å². The van der Waals surface area contributed by atoms with Crippen molar-refractivity contribution in [2.75, 3.05) is 13.7 Å². The van der Waals surface area contributed by atoms with E-state index in [0.29, 0.717) is 12.0 Å². The second kappa shape index (κ2) is 11.1. The van der Waals surface area contributed by atoms with E-state index in [4.69, 9.17) is 14.2 Å². The van der Waals surface area contributed by atoms with Gasteiger partial charge in [-0.05, 0) is 24.5 Å². The molecule has 1 aliphatic heterocycles. The lowest BCUT2D eigenvalue weighted by atomic mass is 9.84. The van der Waals surface area contributed by atoms with Gasteiger partial charge >= 0.3 is 17.9 Å². The van der Waals surface area contributed by atoms with Crippen LogP contribution in [-0.4, -0.2) is 37.2 Å². The van der Waals surface area contributed by atoms with Gasteiger partial charge in [0.25, 0.3) is 0 Å². The number of esters is 3. The van der Waals surface area contributed by atoms with Crippen LogP contribution >= 0.6 is 0 Å². The topological polar surface area (TPSA) is 88.1 Å². The number of hydrogen-bond donors (Lipinski definition) is 0. The number of aryl methyl sites for hydroxylation is 1. The Labute approximate surface area is 192 Å². The standard InChI is InChI=1S/C26H26O7/c1-3-31-25(29)26(16-14-19-10-6-4-7-11-19)21(18-20-12-8-5-9-13-20)23(24(28)33-26)32-17-15-22(27)30-2/h4-13,15,17H,3,14,16,18H2,1-2H3/b17-15+. The highest BCUT2D eigenvalue weighted by Gasteiger charge is 2.55. The Balaban J connectivity index is 2.04. The second-order valence-electron chi connectivity index (χ2n) is 7.34. The predicted octanol–water partition coefficient (Wildman–Crippen LogP) is 3.68. The summed E-state index contributed by atoms with van der Waals surface area (Å²) in [4.78, 5) is 37.5. The van der Waals surface area contributed by atoms with E-state index in [1.54, 1.807) is 6.92 Å². The Bertz CT molecular complexity index is 1040. The molecule has 7 heteroatoms. The van der Waals surface area contributed by atoms with E-state index in [1.807, 2.05) is 60.7 Å². The number of ether oxygens (including phenoxy) is 4. The fourth-order valence-corrected chi connectivity index (χ4v) is 3.62. The minimum Gasteiger partial charge on any atom is -0.466 e. The van der Waals surface area contributed by atoms with Crippen LogP contribution < -0.4 is 0 Å². The zero-order chi connectivity index (χ0) is 23.7. The molecule has 0 spiro atoms. The molecule has 7 nitrogen and oxygen atoms in total. The Kier molecular flexibility index (Phi) is 8.02. The van der Waals surface area contributed by atoms with E-state index in [0.717, 1.165) is 23.5 Å². The number of carbonyl (C=O) groups excluding carboxylic acids is 3. The molecule has 0 radical (unpaired) electrons. The van der Waals surface area contributed by atoms with Gasteiger partial charge in [0.2, 0.25) is 11.4 Å². The quantitative estimate of drug-likeness (QED) is 0.236. The molecular formula is C26H26O7. The molecule has 1 heterocycles. The van der Waals surface area contributed by atoms with Crippen molar-refractivity contribution in [1.82, 2.24) is 0 Å². The third-order valence-electron chi connectivity index (χ3n) is 5.24. The summed E-state index contributed by atoms with van der Waals surface area (Å²) >= 11 is 0. The van der Waals surface area contributed by atoms with Crippen LogP contribution in [0.5, 0.6) is 0 Å². The Hall–Kier alpha value is -3.87. The molecule has 0 saturated heterocycles. The molecule has 0 bridgehead atoms. The molecule has 0 saturated carbocycles. The lowest BCUT2D eigenvalue weighted by Gasteiger charge is -2.28. The van der Waals surface area contributed by atoms with Crippen LogP contribution in [0, 0.1) is 0 Å². The number of benzene rings is 2. The van der Waals surface area contributed by atoms with Gasteiger partial charge in [0, 0.05) is 18.4 Å². The van der Waals surface area contributed by atoms with Crippen molar-refractivity contribution in [3.8, 4) is 0 Å². The normalized spacial score (nSPS) is 17.7. The number of methoxy groups -OCH3 is 1. The lowest BCUT2D eigenvalue weighted by molar-refractivity contribution is -0.173. The molecule has 172 valence electrons. The Morgan fingerprint density at radius 2 is 1.64 bits per heavy atom. The predicted molar refractivity (Wildman–Crippen MR) is 120 cm³/mol. The molecule has 0 fully saturated rings. The molecule has 0 aromatic heterocycles. The van der Waals surface area contributed by atoms with Gasteiger partial charge in [-0.15, -0.1) is 0 Å². The number of hydrogen-bond acceptors (Lipinski definition) is 7. The first kappa shape index (κ1) is 23.8. The van der Waals surface area contributed by atoms with Crippen LogP contribution in [0.4, 0.5) is 0 Å². The van der Waals surface area contributed by atoms with Crippen LogP contribution in [0.2, 0.25) is 0 Å². The molecule has 1 unspecified atom stereocenters. The summed E-state index contributed by atoms with van der Waals surface area (Å²) in [6.07, 6.45) is 2.95. The fourth-order valence-electron chi connectivity index (χ4n) is 3.62. The van der Waals surface area contributed by atoms with E-state index in [9.17, 15) is 14.4 Å². The first-order chi connectivity index (χ1) is 16.0. The monoisotopic (exact) mass is 450 g/mol. The van der Waals surface area contributed by atoms with Crippen molar-refractivity contribution < 1.29 is 33.3 Å². The van der Waals surface area contributed by atoms with Gasteiger partial charge < -0.3 is 18.9 Å². The molecule has 2 aromatic carbocycles. The zero-order valence-electron chi connectivity index (χ0n) is 18.6. The summed E-state index contributed by atoms with van der Waals surface area (Å²) in [7, 11) is 1.23. The maximum atomic E-state index is 13.2. The third kappa shape index (κ3) is 5.68. The van der Waals surface area contributed by atoms with Gasteiger partial charge in [-0.3, -0.25) is 0 Å². The lowest BCUT2D eigenvalue weighted by Crippen LogP contribution is -2.44. The van der Waals surface area contributed by atoms with Crippen molar-refractivity contribution in [1.29, 1.82) is 0 Å². The van der Waals surface area contributed by atoms with Crippen LogP contribution in [0.25, 0.3) is 0 Å². The van der Waals surface area contributed by atoms with Gasteiger partial charge in [-0.2, -0.15) is 0 Å². The largest absolute Gasteiger partial charge is 0.466 e. The molecule has 0 N–H and O–H groups in total. The van der Waals surface area contributed by atoms with E-state index in [-0.39, 0.29) is 25.2 Å². The maximum absolute atomic E-state index is 13.2. The molecule has 1 aliphatic rings. The van der Waals surface area contributed by atoms with Crippen molar-refractivity contribution >= 4 is 17.9 Å². The summed E-state index contributed by atoms with van der Waals surface area (Å²) in [5.74, 6) is -2.24. The van der Waals surface area contributed by atoms with E-state index < -0.39 is 23.5 Å².